The Morgan fingerprint density at radius 2 is 1.64 bits per heavy atom. The van der Waals surface area contributed by atoms with E-state index in [0.29, 0.717) is 0 Å². The molecule has 1 unspecified atom stereocenters. The number of benzene rings is 1. The van der Waals surface area contributed by atoms with Gasteiger partial charge in [0.05, 0.1) is 0 Å². The second kappa shape index (κ2) is 10.3. The van der Waals surface area contributed by atoms with Gasteiger partial charge in [0, 0.05) is 0 Å². The van der Waals surface area contributed by atoms with Crippen molar-refractivity contribution in [3.8, 4) is 0 Å². The topological polar surface area (TPSA) is 26.0 Å². The van der Waals surface area contributed by atoms with Crippen molar-refractivity contribution in [3.05, 3.63) is 30.3 Å². The van der Waals surface area contributed by atoms with Gasteiger partial charge in [0.25, 0.3) is 0 Å². The molecule has 0 aliphatic rings. The molecule has 2 N–H and O–H groups in total. The third-order valence-corrected chi connectivity index (χ3v) is 1.23. The van der Waals surface area contributed by atoms with Gasteiger partial charge in [-0.15, -0.1) is 0 Å². The van der Waals surface area contributed by atoms with Crippen molar-refractivity contribution in [2.45, 2.75) is 6.92 Å². The summed E-state index contributed by atoms with van der Waals surface area (Å²) in [6.45, 7) is 2.65. The van der Waals surface area contributed by atoms with Crippen LogP contribution in [0.5, 0.6) is 0 Å². The third kappa shape index (κ3) is 10.3. The minimum atomic E-state index is 0. The van der Waals surface area contributed by atoms with Crippen molar-refractivity contribution in [1.82, 2.24) is 0 Å². The van der Waals surface area contributed by atoms with Crippen molar-refractivity contribution in [3.63, 3.8) is 0 Å². The van der Waals surface area contributed by atoms with Gasteiger partial charge in [0.2, 0.25) is 0 Å². The second-order valence-corrected chi connectivity index (χ2v) is 2.57. The van der Waals surface area contributed by atoms with Crippen molar-refractivity contribution in [2.75, 3.05) is 6.54 Å². The number of hydrogen-bond donors (Lipinski definition) is 1. The van der Waals surface area contributed by atoms with E-state index in [2.05, 4.69) is 19.2 Å². The zero-order valence-electron chi connectivity index (χ0n) is 6.69. The van der Waals surface area contributed by atoms with E-state index in [9.17, 15) is 0 Å². The maximum atomic E-state index is 4.85. The SMILES string of the molecule is CCN.P.[Pd][c]1ccccc1. The fourth-order valence-corrected chi connectivity index (χ4v) is 0.702. The molecule has 1 aromatic carbocycles. The van der Waals surface area contributed by atoms with Crippen molar-refractivity contribution < 1.29 is 19.2 Å². The van der Waals surface area contributed by atoms with Gasteiger partial charge < -0.3 is 5.73 Å². The van der Waals surface area contributed by atoms with Gasteiger partial charge in [0.15, 0.2) is 0 Å². The normalized spacial score (nSPS) is 7.27. The van der Waals surface area contributed by atoms with Gasteiger partial charge in [-0.05, 0) is 6.54 Å². The molecule has 1 atom stereocenters. The number of rotatable bonds is 0. The molecule has 0 saturated heterocycles. The van der Waals surface area contributed by atoms with Crippen molar-refractivity contribution in [1.29, 1.82) is 0 Å². The van der Waals surface area contributed by atoms with Crippen LogP contribution in [0.3, 0.4) is 0 Å². The van der Waals surface area contributed by atoms with Gasteiger partial charge in [-0.25, -0.2) is 0 Å². The Bertz CT molecular complexity index is 155. The number of hydrogen-bond acceptors (Lipinski definition) is 1. The molecule has 0 bridgehead atoms. The summed E-state index contributed by atoms with van der Waals surface area (Å²) in [6.07, 6.45) is 0. The van der Waals surface area contributed by atoms with Crippen LogP contribution in [0, 0.1) is 0 Å². The fraction of sp³-hybridized carbons (Fsp3) is 0.250. The van der Waals surface area contributed by atoms with E-state index in [1.54, 1.807) is 0 Å². The molecule has 0 spiro atoms. The Morgan fingerprint density at radius 3 is 1.82 bits per heavy atom. The van der Waals surface area contributed by atoms with Crippen LogP contribution in [-0.2, 0) is 19.2 Å². The van der Waals surface area contributed by atoms with Gasteiger partial charge in [-0.3, -0.25) is 0 Å². The van der Waals surface area contributed by atoms with Gasteiger partial charge in [-0.2, -0.15) is 9.90 Å². The molecule has 0 aromatic heterocycles. The summed E-state index contributed by atoms with van der Waals surface area (Å²) < 4.78 is 1.17. The molecule has 1 nitrogen and oxygen atoms in total. The van der Waals surface area contributed by atoms with Gasteiger partial charge >= 0.3 is 53.6 Å². The van der Waals surface area contributed by atoms with Crippen LogP contribution >= 0.6 is 9.90 Å². The molecule has 1 aromatic rings. The zero-order valence-corrected chi connectivity index (χ0v) is 9.66. The van der Waals surface area contributed by atoms with E-state index in [0.717, 1.165) is 6.54 Å². The molecule has 0 saturated carbocycles. The minimum absolute atomic E-state index is 0. The molecule has 1 rings (SSSR count). The van der Waals surface area contributed by atoms with Crippen LogP contribution in [0.4, 0.5) is 0 Å². The van der Waals surface area contributed by atoms with Crippen LogP contribution in [0.2, 0.25) is 0 Å². The first-order chi connectivity index (χ1) is 4.81. The predicted octanol–water partition coefficient (Wildman–Crippen LogP) is 0.882. The molecule has 0 fully saturated rings. The average Bonchev–Trinajstić information content (AvgIpc) is 1.91. The summed E-state index contributed by atoms with van der Waals surface area (Å²) in [4.78, 5) is 0. The Labute approximate surface area is 82.8 Å². The molecule has 67 valence electrons. The van der Waals surface area contributed by atoms with Gasteiger partial charge in [-0.1, -0.05) is 6.92 Å². The Morgan fingerprint density at radius 1 is 1.27 bits per heavy atom. The molecular formula is C8H15NPPd. The summed E-state index contributed by atoms with van der Waals surface area (Å²) in [5.74, 6) is 0. The van der Waals surface area contributed by atoms with Gasteiger partial charge in [0.1, 0.15) is 0 Å². The van der Waals surface area contributed by atoms with Crippen LogP contribution in [-0.4, -0.2) is 6.54 Å². The Kier molecular flexibility index (Phi) is 12.9. The standard InChI is InChI=1S/C6H5.C2H7N.H3P.Pd/c1-2-4-6-5-3-1;1-2-3;;/h1-5H;2-3H2,1H3;1H3;. The summed E-state index contributed by atoms with van der Waals surface area (Å²) in [7, 11) is 0. The van der Waals surface area contributed by atoms with E-state index in [1.807, 2.05) is 37.3 Å². The predicted molar refractivity (Wildman–Crippen MR) is 51.9 cm³/mol. The van der Waals surface area contributed by atoms with Crippen LogP contribution in [0.25, 0.3) is 0 Å². The maximum absolute atomic E-state index is 4.85. The van der Waals surface area contributed by atoms with Crippen LogP contribution in [0.15, 0.2) is 30.3 Å². The summed E-state index contributed by atoms with van der Waals surface area (Å²) in [5, 5.41) is 0. The Balaban J connectivity index is 0. The zero-order chi connectivity index (χ0) is 7.82. The molecule has 0 radical (unpaired) electrons. The molecule has 0 amide bonds. The van der Waals surface area contributed by atoms with Crippen LogP contribution in [0.1, 0.15) is 6.92 Å². The molecule has 0 heterocycles. The van der Waals surface area contributed by atoms with Crippen LogP contribution < -0.4 is 9.77 Å². The third-order valence-electron chi connectivity index (χ3n) is 0.713. The summed E-state index contributed by atoms with van der Waals surface area (Å²) >= 11 is 3.07. The van der Waals surface area contributed by atoms with E-state index >= 15 is 0 Å². The quantitative estimate of drug-likeness (QED) is 0.545. The second-order valence-electron chi connectivity index (χ2n) is 1.67. The first-order valence-corrected chi connectivity index (χ1v) is 3.96. The summed E-state index contributed by atoms with van der Waals surface area (Å²) in [6, 6.07) is 10.0. The van der Waals surface area contributed by atoms with E-state index in [1.165, 1.54) is 4.04 Å². The average molecular weight is 263 g/mol. The molecular weight excluding hydrogens is 247 g/mol. The number of nitrogens with two attached hydrogens (primary N) is 1. The van der Waals surface area contributed by atoms with E-state index in [-0.39, 0.29) is 9.90 Å². The van der Waals surface area contributed by atoms with Crippen molar-refractivity contribution >= 4 is 13.9 Å². The Hall–Kier alpha value is 0.272. The molecule has 3 heteroatoms. The van der Waals surface area contributed by atoms with E-state index in [4.69, 9.17) is 5.73 Å². The molecule has 11 heavy (non-hydrogen) atoms. The molecule has 0 aliphatic heterocycles. The monoisotopic (exact) mass is 262 g/mol. The van der Waals surface area contributed by atoms with Crippen molar-refractivity contribution in [2.24, 2.45) is 5.73 Å². The summed E-state index contributed by atoms with van der Waals surface area (Å²) in [5.41, 5.74) is 4.85. The first kappa shape index (κ1) is 13.8. The van der Waals surface area contributed by atoms with E-state index < -0.39 is 0 Å². The fourth-order valence-electron chi connectivity index (χ4n) is 0.403. The first-order valence-electron chi connectivity index (χ1n) is 3.18. The molecule has 0 aliphatic carbocycles.